The molecule has 4 nitrogen and oxygen atoms in total. The van der Waals surface area contributed by atoms with Gasteiger partial charge in [-0.1, -0.05) is 12.1 Å². The maximum absolute atomic E-state index is 13.7. The van der Waals surface area contributed by atoms with Crippen LogP contribution in [0.3, 0.4) is 0 Å². The van der Waals surface area contributed by atoms with Crippen molar-refractivity contribution in [2.24, 2.45) is 0 Å². The van der Waals surface area contributed by atoms with Gasteiger partial charge in [0.05, 0.1) is 17.1 Å². The Hall–Kier alpha value is -2.57. The summed E-state index contributed by atoms with van der Waals surface area (Å²) in [6.45, 7) is 1.63. The van der Waals surface area contributed by atoms with E-state index in [0.29, 0.717) is 17.7 Å². The first kappa shape index (κ1) is 14.8. The third kappa shape index (κ3) is 3.31. The van der Waals surface area contributed by atoms with Crippen LogP contribution in [0, 0.1) is 27.6 Å². The summed E-state index contributed by atoms with van der Waals surface area (Å²) in [5.74, 6) is -2.54. The number of rotatable bonds is 4. The van der Waals surface area contributed by atoms with Crippen LogP contribution in [0.15, 0.2) is 36.4 Å². The van der Waals surface area contributed by atoms with Gasteiger partial charge in [0, 0.05) is 6.04 Å². The molecule has 0 saturated carbocycles. The summed E-state index contributed by atoms with van der Waals surface area (Å²) in [5, 5.41) is 13.1. The molecule has 0 spiro atoms. The Balaban J connectivity index is 2.27. The van der Waals surface area contributed by atoms with Crippen molar-refractivity contribution in [2.75, 3.05) is 5.32 Å². The topological polar surface area (TPSA) is 55.2 Å². The van der Waals surface area contributed by atoms with E-state index in [9.17, 15) is 23.3 Å². The molecule has 7 heteroatoms. The van der Waals surface area contributed by atoms with Crippen molar-refractivity contribution in [1.29, 1.82) is 0 Å². The number of nitrogens with one attached hydrogen (secondary N) is 1. The fourth-order valence-electron chi connectivity index (χ4n) is 1.85. The molecule has 0 fully saturated rings. The van der Waals surface area contributed by atoms with E-state index in [4.69, 9.17) is 0 Å². The normalized spacial score (nSPS) is 12.0. The standard InChI is InChI=1S/C14H11F3N2O2/c1-8(9-2-4-10(15)5-3-9)18-14-12(16)6-11(19(20)21)7-13(14)17/h2-8,18H,1H3. The second kappa shape index (κ2) is 5.82. The Morgan fingerprint density at radius 1 is 1.10 bits per heavy atom. The highest BCUT2D eigenvalue weighted by Crippen LogP contribution is 2.28. The summed E-state index contributed by atoms with van der Waals surface area (Å²) in [7, 11) is 0. The molecule has 0 bridgehead atoms. The van der Waals surface area contributed by atoms with Crippen molar-refractivity contribution >= 4 is 11.4 Å². The Morgan fingerprint density at radius 2 is 1.62 bits per heavy atom. The van der Waals surface area contributed by atoms with Gasteiger partial charge in [0.2, 0.25) is 0 Å². The number of benzene rings is 2. The SMILES string of the molecule is CC(Nc1c(F)cc([N+](=O)[O-])cc1F)c1ccc(F)cc1. The molecule has 0 aliphatic heterocycles. The molecule has 2 rings (SSSR count). The van der Waals surface area contributed by atoms with Crippen LogP contribution in [0.1, 0.15) is 18.5 Å². The van der Waals surface area contributed by atoms with Gasteiger partial charge in [-0.3, -0.25) is 10.1 Å². The molecular weight excluding hydrogens is 285 g/mol. The molecule has 2 aromatic carbocycles. The van der Waals surface area contributed by atoms with Gasteiger partial charge in [-0.15, -0.1) is 0 Å². The van der Waals surface area contributed by atoms with Gasteiger partial charge in [0.1, 0.15) is 11.5 Å². The minimum absolute atomic E-state index is 0.418. The number of nitro groups is 1. The van der Waals surface area contributed by atoms with Crippen molar-refractivity contribution < 1.29 is 18.1 Å². The van der Waals surface area contributed by atoms with E-state index < -0.39 is 39.8 Å². The van der Waals surface area contributed by atoms with Crippen molar-refractivity contribution in [1.82, 2.24) is 0 Å². The van der Waals surface area contributed by atoms with Gasteiger partial charge >= 0.3 is 0 Å². The molecule has 21 heavy (non-hydrogen) atoms. The van der Waals surface area contributed by atoms with Crippen molar-refractivity contribution in [2.45, 2.75) is 13.0 Å². The van der Waals surface area contributed by atoms with E-state index in [1.54, 1.807) is 6.92 Å². The smallest absolute Gasteiger partial charge is 0.275 e. The third-order valence-corrected chi connectivity index (χ3v) is 2.97. The lowest BCUT2D eigenvalue weighted by Crippen LogP contribution is -2.10. The molecular formula is C14H11F3N2O2. The zero-order chi connectivity index (χ0) is 15.6. The van der Waals surface area contributed by atoms with E-state index in [2.05, 4.69) is 5.32 Å². The number of hydrogen-bond acceptors (Lipinski definition) is 3. The van der Waals surface area contributed by atoms with Gasteiger partial charge in [-0.05, 0) is 24.6 Å². The van der Waals surface area contributed by atoms with Crippen LogP contribution in [-0.2, 0) is 0 Å². The highest BCUT2D eigenvalue weighted by molar-refractivity contribution is 5.53. The van der Waals surface area contributed by atoms with Crippen LogP contribution < -0.4 is 5.32 Å². The quantitative estimate of drug-likeness (QED) is 0.680. The molecule has 0 aliphatic carbocycles. The third-order valence-electron chi connectivity index (χ3n) is 2.97. The minimum atomic E-state index is -1.06. The lowest BCUT2D eigenvalue weighted by molar-refractivity contribution is -0.385. The zero-order valence-corrected chi connectivity index (χ0v) is 10.9. The van der Waals surface area contributed by atoms with Crippen LogP contribution in [-0.4, -0.2) is 4.92 Å². The lowest BCUT2D eigenvalue weighted by Gasteiger charge is -2.16. The van der Waals surface area contributed by atoms with Gasteiger partial charge in [-0.2, -0.15) is 0 Å². The van der Waals surface area contributed by atoms with Crippen LogP contribution in [0.25, 0.3) is 0 Å². The second-order valence-electron chi connectivity index (χ2n) is 4.46. The van der Waals surface area contributed by atoms with Gasteiger partial charge in [-0.25, -0.2) is 13.2 Å². The van der Waals surface area contributed by atoms with E-state index in [1.165, 1.54) is 24.3 Å². The van der Waals surface area contributed by atoms with Crippen molar-refractivity contribution in [3.63, 3.8) is 0 Å². The number of nitrogens with zero attached hydrogens (tertiary/aromatic N) is 1. The van der Waals surface area contributed by atoms with Crippen molar-refractivity contribution in [3.8, 4) is 0 Å². The first-order chi connectivity index (χ1) is 9.88. The highest BCUT2D eigenvalue weighted by atomic mass is 19.1. The fourth-order valence-corrected chi connectivity index (χ4v) is 1.85. The molecule has 0 amide bonds. The largest absolute Gasteiger partial charge is 0.374 e. The first-order valence-electron chi connectivity index (χ1n) is 6.04. The van der Waals surface area contributed by atoms with Gasteiger partial charge < -0.3 is 5.32 Å². The zero-order valence-electron chi connectivity index (χ0n) is 10.9. The molecule has 0 saturated heterocycles. The van der Waals surface area contributed by atoms with E-state index >= 15 is 0 Å². The Kier molecular flexibility index (Phi) is 4.11. The molecule has 1 atom stereocenters. The average Bonchev–Trinajstić information content (AvgIpc) is 2.43. The average molecular weight is 296 g/mol. The molecule has 2 aromatic rings. The summed E-state index contributed by atoms with van der Waals surface area (Å²) in [5.41, 5.74) is -0.504. The van der Waals surface area contributed by atoms with E-state index in [0.717, 1.165) is 0 Å². The fraction of sp³-hybridized carbons (Fsp3) is 0.143. The van der Waals surface area contributed by atoms with Crippen LogP contribution in [0.4, 0.5) is 24.5 Å². The summed E-state index contributed by atoms with van der Waals surface area (Å²) in [6.07, 6.45) is 0. The summed E-state index contributed by atoms with van der Waals surface area (Å²) >= 11 is 0. The number of non-ortho nitro benzene ring substituents is 1. The number of hydrogen-bond donors (Lipinski definition) is 1. The number of halogens is 3. The summed E-state index contributed by atoms with van der Waals surface area (Å²) < 4.78 is 40.3. The molecule has 0 radical (unpaired) electrons. The van der Waals surface area contributed by atoms with E-state index in [-0.39, 0.29) is 0 Å². The molecule has 0 heterocycles. The highest BCUT2D eigenvalue weighted by Gasteiger charge is 2.18. The predicted octanol–water partition coefficient (Wildman–Crippen LogP) is 4.19. The summed E-state index contributed by atoms with van der Waals surface area (Å²) in [4.78, 5) is 9.63. The van der Waals surface area contributed by atoms with Gasteiger partial charge in [0.25, 0.3) is 5.69 Å². The summed E-state index contributed by atoms with van der Waals surface area (Å²) in [6, 6.07) is 6.20. The minimum Gasteiger partial charge on any atom is -0.374 e. The second-order valence-corrected chi connectivity index (χ2v) is 4.46. The number of nitro benzene ring substituents is 1. The first-order valence-corrected chi connectivity index (χ1v) is 6.04. The number of anilines is 1. The monoisotopic (exact) mass is 296 g/mol. The molecule has 1 N–H and O–H groups in total. The van der Waals surface area contributed by atoms with Crippen LogP contribution in [0.2, 0.25) is 0 Å². The van der Waals surface area contributed by atoms with Crippen LogP contribution in [0.5, 0.6) is 0 Å². The Bertz CT molecular complexity index is 651. The molecule has 0 aliphatic rings. The van der Waals surface area contributed by atoms with Crippen LogP contribution >= 0.6 is 0 Å². The van der Waals surface area contributed by atoms with Gasteiger partial charge in [0.15, 0.2) is 11.6 Å². The van der Waals surface area contributed by atoms with E-state index in [1.807, 2.05) is 0 Å². The Morgan fingerprint density at radius 3 is 2.10 bits per heavy atom. The van der Waals surface area contributed by atoms with Crippen molar-refractivity contribution in [3.05, 3.63) is 69.5 Å². The molecule has 110 valence electrons. The maximum Gasteiger partial charge on any atom is 0.275 e. The maximum atomic E-state index is 13.7. The molecule has 0 aromatic heterocycles. The molecule has 1 unspecified atom stereocenters. The Labute approximate surface area is 118 Å². The predicted molar refractivity (Wildman–Crippen MR) is 71.5 cm³/mol. The lowest BCUT2D eigenvalue weighted by atomic mass is 10.1.